The van der Waals surface area contributed by atoms with E-state index >= 15 is 0 Å². The van der Waals surface area contributed by atoms with E-state index in [1.54, 1.807) is 16.8 Å². The monoisotopic (exact) mass is 465 g/mol. The molecule has 0 aliphatic heterocycles. The molecule has 1 aliphatic carbocycles. The van der Waals surface area contributed by atoms with Crippen LogP contribution in [0.15, 0.2) is 46.5 Å². The van der Waals surface area contributed by atoms with E-state index in [4.69, 9.17) is 10.00 Å². The largest absolute Gasteiger partial charge is 0.493 e. The number of carbonyl (C=O) groups is 1. The molecule has 9 heteroatoms. The molecule has 2 aromatic heterocycles. The smallest absolute Gasteiger partial charge is 0.268 e. The van der Waals surface area contributed by atoms with Gasteiger partial charge < -0.3 is 15.0 Å². The number of nitriles is 1. The van der Waals surface area contributed by atoms with Gasteiger partial charge in [0.1, 0.15) is 11.4 Å². The summed E-state index contributed by atoms with van der Waals surface area (Å²) in [5.41, 5.74) is 1.13. The van der Waals surface area contributed by atoms with Crippen molar-refractivity contribution in [2.24, 2.45) is 11.8 Å². The second kappa shape index (κ2) is 10.6. The van der Waals surface area contributed by atoms with E-state index in [9.17, 15) is 9.59 Å². The fraction of sp³-hybridized carbons (Fsp3) is 0.417. The topological polar surface area (TPSA) is 113 Å². The van der Waals surface area contributed by atoms with Gasteiger partial charge in [0.05, 0.1) is 30.2 Å². The van der Waals surface area contributed by atoms with Crippen LogP contribution in [0.2, 0.25) is 0 Å². The van der Waals surface area contributed by atoms with E-state index in [2.05, 4.69) is 22.2 Å². The van der Waals surface area contributed by atoms with Crippen LogP contribution in [-0.2, 0) is 4.79 Å². The minimum atomic E-state index is -0.140. The summed E-state index contributed by atoms with van der Waals surface area (Å²) in [6.07, 6.45) is 4.22. The zero-order valence-electron chi connectivity index (χ0n) is 18.5. The molecule has 2 unspecified atom stereocenters. The summed E-state index contributed by atoms with van der Waals surface area (Å²) in [6.45, 7) is 3.32. The van der Waals surface area contributed by atoms with E-state index in [-0.39, 0.29) is 11.5 Å². The maximum absolute atomic E-state index is 13.2. The normalized spacial score (nSPS) is 17.0. The van der Waals surface area contributed by atoms with Crippen molar-refractivity contribution >= 4 is 28.7 Å². The molecule has 3 aromatic rings. The summed E-state index contributed by atoms with van der Waals surface area (Å²) in [4.78, 5) is 32.7. The number of aromatic amines is 1. The number of fused-ring (bicyclic) bond motifs is 1. The number of hydrogen-bond acceptors (Lipinski definition) is 6. The number of amides is 1. The molecule has 1 aliphatic rings. The second-order valence-electron chi connectivity index (χ2n) is 8.26. The van der Waals surface area contributed by atoms with Crippen molar-refractivity contribution in [3.8, 4) is 17.5 Å². The molecule has 0 radical (unpaired) electrons. The highest BCUT2D eigenvalue weighted by Gasteiger charge is 2.32. The summed E-state index contributed by atoms with van der Waals surface area (Å²) < 4.78 is 7.49. The molecular weight excluding hydrogens is 438 g/mol. The molecule has 172 valence electrons. The van der Waals surface area contributed by atoms with Crippen LogP contribution in [0, 0.1) is 23.2 Å². The molecule has 0 spiro atoms. The summed E-state index contributed by atoms with van der Waals surface area (Å²) in [7, 11) is 0. The van der Waals surface area contributed by atoms with Gasteiger partial charge >= 0.3 is 0 Å². The lowest BCUT2D eigenvalue weighted by molar-refractivity contribution is -0.121. The third-order valence-corrected chi connectivity index (χ3v) is 6.76. The molecule has 4 rings (SSSR count). The molecule has 0 bridgehead atoms. The third-order valence-electron chi connectivity index (χ3n) is 5.73. The van der Waals surface area contributed by atoms with Crippen molar-refractivity contribution in [1.82, 2.24) is 19.9 Å². The molecule has 0 saturated heterocycles. The van der Waals surface area contributed by atoms with E-state index in [0.717, 1.165) is 24.0 Å². The Morgan fingerprint density at radius 3 is 2.88 bits per heavy atom. The lowest BCUT2D eigenvalue weighted by Crippen LogP contribution is -2.24. The Morgan fingerprint density at radius 1 is 1.36 bits per heavy atom. The zero-order valence-corrected chi connectivity index (χ0v) is 19.4. The van der Waals surface area contributed by atoms with Gasteiger partial charge in [-0.2, -0.15) is 5.26 Å². The average Bonchev–Trinajstić information content (AvgIpc) is 3.31. The van der Waals surface area contributed by atoms with Crippen LogP contribution in [-0.4, -0.2) is 39.3 Å². The third kappa shape index (κ3) is 5.76. The summed E-state index contributed by atoms with van der Waals surface area (Å²) >= 11 is 1.44. The van der Waals surface area contributed by atoms with Crippen molar-refractivity contribution in [3.63, 3.8) is 0 Å². The number of ether oxygens (including phenoxy) is 1. The predicted octanol–water partition coefficient (Wildman–Crippen LogP) is 3.65. The van der Waals surface area contributed by atoms with Gasteiger partial charge in [0.15, 0.2) is 5.16 Å². The number of thioether (sulfide) groups is 1. The summed E-state index contributed by atoms with van der Waals surface area (Å²) in [6, 6.07) is 11.3. The highest BCUT2D eigenvalue weighted by molar-refractivity contribution is 7.99. The molecule has 33 heavy (non-hydrogen) atoms. The van der Waals surface area contributed by atoms with Gasteiger partial charge in [-0.25, -0.2) is 4.98 Å². The number of rotatable bonds is 11. The van der Waals surface area contributed by atoms with Gasteiger partial charge in [-0.05, 0) is 55.0 Å². The first-order chi connectivity index (χ1) is 16.1. The first-order valence-electron chi connectivity index (χ1n) is 11.2. The van der Waals surface area contributed by atoms with Crippen molar-refractivity contribution < 1.29 is 9.53 Å². The SMILES string of the molecule is CC1CC1COc1ccc(-n2c(SCCCC(=O)NCCC#N)nc3[nH]ccc3c2=O)cc1. The number of nitrogens with one attached hydrogen (secondary N) is 2. The number of hydrogen-bond donors (Lipinski definition) is 2. The van der Waals surface area contributed by atoms with Crippen LogP contribution in [0.5, 0.6) is 5.75 Å². The lowest BCUT2D eigenvalue weighted by atomic mass is 10.3. The highest BCUT2D eigenvalue weighted by Crippen LogP contribution is 2.37. The zero-order chi connectivity index (χ0) is 23.2. The van der Waals surface area contributed by atoms with Gasteiger partial charge in [-0.15, -0.1) is 0 Å². The summed E-state index contributed by atoms with van der Waals surface area (Å²) in [5, 5.41) is 12.4. The van der Waals surface area contributed by atoms with Gasteiger partial charge in [0.2, 0.25) is 5.91 Å². The van der Waals surface area contributed by atoms with Crippen LogP contribution in [0.25, 0.3) is 16.7 Å². The van der Waals surface area contributed by atoms with Crippen LogP contribution in [0.1, 0.15) is 32.6 Å². The van der Waals surface area contributed by atoms with E-state index in [1.807, 2.05) is 30.3 Å². The molecule has 1 saturated carbocycles. The highest BCUT2D eigenvalue weighted by atomic mass is 32.2. The minimum absolute atomic E-state index is 0.0767. The Labute approximate surface area is 196 Å². The van der Waals surface area contributed by atoms with Crippen LogP contribution in [0.4, 0.5) is 0 Å². The van der Waals surface area contributed by atoms with Gasteiger partial charge in [-0.3, -0.25) is 14.2 Å². The number of benzene rings is 1. The van der Waals surface area contributed by atoms with Crippen LogP contribution >= 0.6 is 11.8 Å². The van der Waals surface area contributed by atoms with E-state index in [1.165, 1.54) is 18.2 Å². The molecule has 1 aromatic carbocycles. The van der Waals surface area contributed by atoms with Crippen LogP contribution < -0.4 is 15.6 Å². The molecule has 1 fully saturated rings. The Balaban J connectivity index is 1.46. The van der Waals surface area contributed by atoms with Gasteiger partial charge in [0.25, 0.3) is 5.56 Å². The van der Waals surface area contributed by atoms with Crippen molar-refractivity contribution in [3.05, 3.63) is 46.9 Å². The fourth-order valence-electron chi connectivity index (χ4n) is 3.57. The lowest BCUT2D eigenvalue weighted by Gasteiger charge is -2.13. The molecule has 2 N–H and O–H groups in total. The van der Waals surface area contributed by atoms with Crippen molar-refractivity contribution in [2.45, 2.75) is 37.8 Å². The minimum Gasteiger partial charge on any atom is -0.493 e. The van der Waals surface area contributed by atoms with Gasteiger partial charge in [0, 0.05) is 24.9 Å². The van der Waals surface area contributed by atoms with E-state index in [0.29, 0.717) is 53.7 Å². The Bertz CT molecular complexity index is 1210. The first-order valence-corrected chi connectivity index (χ1v) is 12.1. The van der Waals surface area contributed by atoms with E-state index < -0.39 is 0 Å². The maximum atomic E-state index is 13.2. The van der Waals surface area contributed by atoms with Crippen molar-refractivity contribution in [2.75, 3.05) is 18.9 Å². The van der Waals surface area contributed by atoms with Gasteiger partial charge in [-0.1, -0.05) is 18.7 Å². The second-order valence-corrected chi connectivity index (χ2v) is 9.33. The predicted molar refractivity (Wildman–Crippen MR) is 128 cm³/mol. The molecule has 2 atom stereocenters. The Kier molecular flexibility index (Phi) is 7.35. The standard InChI is InChI=1S/C24H27N5O3S/c1-16-14-17(16)15-32-19-7-5-18(6-8-19)29-23(31)20-9-12-27-22(20)28-24(29)33-13-2-4-21(30)26-11-3-10-25/h5-9,12,16-17,27H,2-4,11,13-15H2,1H3,(H,26,30). The number of nitrogens with zero attached hydrogens (tertiary/aromatic N) is 3. The molecule has 2 heterocycles. The number of H-pyrrole nitrogens is 1. The first kappa shape index (κ1) is 22.9. The molecule has 1 amide bonds. The summed E-state index contributed by atoms with van der Waals surface area (Å²) in [5.74, 6) is 2.73. The molecule has 8 nitrogen and oxygen atoms in total. The number of carbonyl (C=O) groups excluding carboxylic acids is 1. The van der Waals surface area contributed by atoms with Crippen molar-refractivity contribution in [1.29, 1.82) is 5.26 Å². The number of aromatic nitrogens is 3. The van der Waals surface area contributed by atoms with Crippen LogP contribution in [0.3, 0.4) is 0 Å². The Morgan fingerprint density at radius 2 is 2.15 bits per heavy atom. The molecular formula is C24H27N5O3S. The average molecular weight is 466 g/mol. The fourth-order valence-corrected chi connectivity index (χ4v) is 4.52. The Hall–Kier alpha value is -3.25. The quantitative estimate of drug-likeness (QED) is 0.254. The maximum Gasteiger partial charge on any atom is 0.268 e.